The first-order valence-electron chi connectivity index (χ1n) is 6.97. The van der Waals surface area contributed by atoms with Crippen molar-refractivity contribution in [2.75, 3.05) is 7.11 Å². The van der Waals surface area contributed by atoms with Gasteiger partial charge in [-0.25, -0.2) is 4.39 Å². The van der Waals surface area contributed by atoms with Gasteiger partial charge < -0.3 is 10.1 Å². The molecule has 1 amide bonds. The molecule has 22 heavy (non-hydrogen) atoms. The van der Waals surface area contributed by atoms with Crippen LogP contribution in [0.5, 0.6) is 5.75 Å². The molecule has 2 aromatic rings. The fourth-order valence-corrected chi connectivity index (χ4v) is 2.23. The molecular weight excluding hydrogens is 283 g/mol. The Morgan fingerprint density at radius 1 is 1.32 bits per heavy atom. The Morgan fingerprint density at radius 3 is 2.73 bits per heavy atom. The number of hydrogen-bond acceptors (Lipinski definition) is 3. The number of carbonyl (C=O) groups excluding carboxylic acids is 1. The van der Waals surface area contributed by atoms with Gasteiger partial charge in [0, 0.05) is 17.8 Å². The van der Waals surface area contributed by atoms with Crippen LogP contribution in [0.2, 0.25) is 0 Å². The highest BCUT2D eigenvalue weighted by atomic mass is 19.1. The summed E-state index contributed by atoms with van der Waals surface area (Å²) in [6, 6.07) is 9.70. The smallest absolute Gasteiger partial charge is 0.225 e. The van der Waals surface area contributed by atoms with E-state index in [-0.39, 0.29) is 12.3 Å². The van der Waals surface area contributed by atoms with Gasteiger partial charge in [0.05, 0.1) is 24.8 Å². The summed E-state index contributed by atoms with van der Waals surface area (Å²) in [4.78, 5) is 16.5. The summed E-state index contributed by atoms with van der Waals surface area (Å²) in [5.74, 6) is -0.207. The number of halogens is 1. The van der Waals surface area contributed by atoms with Gasteiger partial charge in [0.1, 0.15) is 11.6 Å². The predicted molar refractivity (Wildman–Crippen MR) is 82.1 cm³/mol. The van der Waals surface area contributed by atoms with E-state index in [9.17, 15) is 9.18 Å². The largest absolute Gasteiger partial charge is 0.496 e. The van der Waals surface area contributed by atoms with Crippen molar-refractivity contribution in [1.29, 1.82) is 0 Å². The normalized spacial score (nSPS) is 11.1. The highest BCUT2D eigenvalue weighted by Gasteiger charge is 2.24. The van der Waals surface area contributed by atoms with Gasteiger partial charge in [0.2, 0.25) is 5.91 Å². The predicted octanol–water partition coefficient (Wildman–Crippen LogP) is 2.82. The van der Waals surface area contributed by atoms with E-state index in [4.69, 9.17) is 4.74 Å². The summed E-state index contributed by atoms with van der Waals surface area (Å²) < 4.78 is 18.3. The van der Waals surface area contributed by atoms with E-state index in [2.05, 4.69) is 10.3 Å². The minimum Gasteiger partial charge on any atom is -0.496 e. The van der Waals surface area contributed by atoms with Gasteiger partial charge in [0.15, 0.2) is 0 Å². The number of benzene rings is 1. The molecular formula is C17H19FN2O2. The Kier molecular flexibility index (Phi) is 4.75. The Morgan fingerprint density at radius 2 is 2.09 bits per heavy atom. The number of amides is 1. The second-order valence-corrected chi connectivity index (χ2v) is 5.52. The molecule has 0 bridgehead atoms. The minimum absolute atomic E-state index is 0.111. The van der Waals surface area contributed by atoms with E-state index in [0.29, 0.717) is 11.3 Å². The molecule has 0 radical (unpaired) electrons. The number of pyridine rings is 1. The summed E-state index contributed by atoms with van der Waals surface area (Å²) >= 11 is 0. The van der Waals surface area contributed by atoms with Crippen molar-refractivity contribution in [3.63, 3.8) is 0 Å². The van der Waals surface area contributed by atoms with Crippen LogP contribution in [0.25, 0.3) is 0 Å². The van der Waals surface area contributed by atoms with Crippen molar-refractivity contribution in [1.82, 2.24) is 10.3 Å². The molecule has 0 aliphatic carbocycles. The first-order valence-corrected chi connectivity index (χ1v) is 6.97. The lowest BCUT2D eigenvalue weighted by molar-refractivity contribution is -0.122. The van der Waals surface area contributed by atoms with E-state index in [1.165, 1.54) is 19.2 Å². The Balaban J connectivity index is 2.10. The SMILES string of the molecule is COc1cc(F)ccc1CC(=O)NC(C)(C)c1ccccn1. The van der Waals surface area contributed by atoms with Gasteiger partial charge in [-0.2, -0.15) is 0 Å². The average molecular weight is 302 g/mol. The summed E-state index contributed by atoms with van der Waals surface area (Å²) in [5, 5.41) is 2.94. The van der Waals surface area contributed by atoms with Crippen LogP contribution in [0.15, 0.2) is 42.6 Å². The van der Waals surface area contributed by atoms with Crippen LogP contribution in [0.3, 0.4) is 0 Å². The average Bonchev–Trinajstić information content (AvgIpc) is 2.49. The Hall–Kier alpha value is -2.43. The molecule has 0 aliphatic heterocycles. The number of nitrogens with zero attached hydrogens (tertiary/aromatic N) is 1. The van der Waals surface area contributed by atoms with E-state index in [1.807, 2.05) is 32.0 Å². The summed E-state index contributed by atoms with van der Waals surface area (Å²) in [5.41, 5.74) is 0.818. The molecule has 0 atom stereocenters. The van der Waals surface area contributed by atoms with Crippen molar-refractivity contribution in [3.05, 3.63) is 59.7 Å². The van der Waals surface area contributed by atoms with Crippen LogP contribution >= 0.6 is 0 Å². The topological polar surface area (TPSA) is 51.2 Å². The van der Waals surface area contributed by atoms with Crippen molar-refractivity contribution < 1.29 is 13.9 Å². The zero-order valence-corrected chi connectivity index (χ0v) is 12.9. The lowest BCUT2D eigenvalue weighted by Gasteiger charge is -2.25. The van der Waals surface area contributed by atoms with Crippen LogP contribution in [0.1, 0.15) is 25.1 Å². The number of hydrogen-bond donors (Lipinski definition) is 1. The van der Waals surface area contributed by atoms with E-state index >= 15 is 0 Å². The molecule has 0 saturated carbocycles. The standard InChI is InChI=1S/C17H19FN2O2/c1-17(2,15-6-4-5-9-19-15)20-16(21)10-12-7-8-13(18)11-14(12)22-3/h4-9,11H,10H2,1-3H3,(H,20,21). The van der Waals surface area contributed by atoms with Crippen LogP contribution in [-0.2, 0) is 16.8 Å². The number of methoxy groups -OCH3 is 1. The van der Waals surface area contributed by atoms with Gasteiger partial charge in [0.25, 0.3) is 0 Å². The highest BCUT2D eigenvalue weighted by Crippen LogP contribution is 2.21. The fraction of sp³-hybridized carbons (Fsp3) is 0.294. The lowest BCUT2D eigenvalue weighted by atomic mass is 9.99. The third-order valence-electron chi connectivity index (χ3n) is 3.36. The zero-order valence-electron chi connectivity index (χ0n) is 12.9. The maximum atomic E-state index is 13.2. The third-order valence-corrected chi connectivity index (χ3v) is 3.36. The second-order valence-electron chi connectivity index (χ2n) is 5.52. The summed E-state index contributed by atoms with van der Waals surface area (Å²) in [6.07, 6.45) is 1.80. The molecule has 0 fully saturated rings. The van der Waals surface area contributed by atoms with Crippen molar-refractivity contribution in [3.8, 4) is 5.75 Å². The van der Waals surface area contributed by atoms with Crippen LogP contribution in [0, 0.1) is 5.82 Å². The lowest BCUT2D eigenvalue weighted by Crippen LogP contribution is -2.42. The quantitative estimate of drug-likeness (QED) is 0.924. The molecule has 0 saturated heterocycles. The summed E-state index contributed by atoms with van der Waals surface area (Å²) in [7, 11) is 1.45. The Bertz CT molecular complexity index is 657. The molecule has 116 valence electrons. The Labute approximate surface area is 129 Å². The van der Waals surface area contributed by atoms with E-state index in [0.717, 1.165) is 5.69 Å². The number of rotatable bonds is 5. The molecule has 1 aromatic heterocycles. The molecule has 1 heterocycles. The van der Waals surface area contributed by atoms with Crippen LogP contribution in [-0.4, -0.2) is 18.0 Å². The fourth-order valence-electron chi connectivity index (χ4n) is 2.23. The molecule has 1 N–H and O–H groups in total. The molecule has 2 rings (SSSR count). The summed E-state index contributed by atoms with van der Waals surface area (Å²) in [6.45, 7) is 3.77. The van der Waals surface area contributed by atoms with Crippen LogP contribution < -0.4 is 10.1 Å². The first-order chi connectivity index (χ1) is 10.4. The second kappa shape index (κ2) is 6.56. The zero-order chi connectivity index (χ0) is 16.2. The third kappa shape index (κ3) is 3.81. The molecule has 0 spiro atoms. The molecule has 1 aromatic carbocycles. The van der Waals surface area contributed by atoms with Crippen molar-refractivity contribution in [2.24, 2.45) is 0 Å². The highest BCUT2D eigenvalue weighted by molar-refractivity contribution is 5.80. The molecule has 4 nitrogen and oxygen atoms in total. The van der Waals surface area contributed by atoms with Gasteiger partial charge in [-0.05, 0) is 32.0 Å². The van der Waals surface area contributed by atoms with Gasteiger partial charge in [-0.3, -0.25) is 9.78 Å². The maximum Gasteiger partial charge on any atom is 0.225 e. The van der Waals surface area contributed by atoms with E-state index in [1.54, 1.807) is 12.3 Å². The number of carbonyl (C=O) groups is 1. The molecule has 5 heteroatoms. The number of nitrogens with one attached hydrogen (secondary N) is 1. The van der Waals surface area contributed by atoms with E-state index < -0.39 is 11.4 Å². The molecule has 0 aliphatic rings. The number of ether oxygens (including phenoxy) is 1. The first kappa shape index (κ1) is 15.9. The van der Waals surface area contributed by atoms with Crippen molar-refractivity contribution >= 4 is 5.91 Å². The van der Waals surface area contributed by atoms with Gasteiger partial charge in [-0.15, -0.1) is 0 Å². The number of aromatic nitrogens is 1. The maximum absolute atomic E-state index is 13.2. The minimum atomic E-state index is -0.592. The van der Waals surface area contributed by atoms with Crippen molar-refractivity contribution in [2.45, 2.75) is 25.8 Å². The van der Waals surface area contributed by atoms with Gasteiger partial charge in [-0.1, -0.05) is 12.1 Å². The van der Waals surface area contributed by atoms with Crippen LogP contribution in [0.4, 0.5) is 4.39 Å². The monoisotopic (exact) mass is 302 g/mol. The molecule has 0 unspecified atom stereocenters. The van der Waals surface area contributed by atoms with Gasteiger partial charge >= 0.3 is 0 Å².